The van der Waals surface area contributed by atoms with Crippen LogP contribution >= 0.6 is 0 Å². The van der Waals surface area contributed by atoms with Crippen LogP contribution in [0.25, 0.3) is 5.69 Å². The second kappa shape index (κ2) is 5.60. The molecule has 6 nitrogen and oxygen atoms in total. The Kier molecular flexibility index (Phi) is 3.30. The molecule has 2 aromatic heterocycles. The molecule has 0 unspecified atom stereocenters. The van der Waals surface area contributed by atoms with Crippen molar-refractivity contribution in [3.63, 3.8) is 0 Å². The fourth-order valence-electron chi connectivity index (χ4n) is 3.83. The molecule has 136 valence electrons. The van der Waals surface area contributed by atoms with Crippen molar-refractivity contribution in [1.82, 2.24) is 14.8 Å². The highest BCUT2D eigenvalue weighted by atomic mass is 19.1. The second-order valence-corrected chi connectivity index (χ2v) is 6.92. The number of carbonyl (C=O) groups excluding carboxylic acids is 1. The van der Waals surface area contributed by atoms with Gasteiger partial charge in [-0.2, -0.15) is 5.10 Å². The third kappa shape index (κ3) is 2.56. The molecule has 27 heavy (non-hydrogen) atoms. The number of nitrogens with one attached hydrogen (secondary N) is 2. The topological polar surface area (TPSA) is 79.8 Å². The van der Waals surface area contributed by atoms with Gasteiger partial charge in [-0.3, -0.25) is 9.59 Å². The zero-order valence-electron chi connectivity index (χ0n) is 14.0. The lowest BCUT2D eigenvalue weighted by atomic mass is 10.1. The first-order chi connectivity index (χ1) is 13.0. The summed E-state index contributed by atoms with van der Waals surface area (Å²) in [5.41, 5.74) is 1.68. The smallest absolute Gasteiger partial charge is 0.277 e. The van der Waals surface area contributed by atoms with Crippen LogP contribution in [-0.2, 0) is 6.42 Å². The first-order valence-corrected chi connectivity index (χ1v) is 8.58. The van der Waals surface area contributed by atoms with Gasteiger partial charge in [0.25, 0.3) is 5.91 Å². The van der Waals surface area contributed by atoms with Crippen molar-refractivity contribution in [2.24, 2.45) is 5.92 Å². The number of H-pyrrole nitrogens is 1. The van der Waals surface area contributed by atoms with Gasteiger partial charge in [-0.05, 0) is 30.9 Å². The van der Waals surface area contributed by atoms with Crippen molar-refractivity contribution in [3.05, 3.63) is 75.3 Å². The summed E-state index contributed by atoms with van der Waals surface area (Å²) < 4.78 is 29.0. The van der Waals surface area contributed by atoms with E-state index in [-0.39, 0.29) is 28.5 Å². The van der Waals surface area contributed by atoms with E-state index in [1.807, 2.05) is 0 Å². The normalized spacial score (nSPS) is 19.5. The van der Waals surface area contributed by atoms with Crippen LogP contribution in [0, 0.1) is 17.6 Å². The van der Waals surface area contributed by atoms with Crippen LogP contribution in [0.5, 0.6) is 0 Å². The molecular formula is C19H14F2N4O2. The molecule has 2 heterocycles. The van der Waals surface area contributed by atoms with Crippen LogP contribution in [0.3, 0.4) is 0 Å². The molecule has 2 N–H and O–H groups in total. The molecule has 0 aliphatic heterocycles. The van der Waals surface area contributed by atoms with Gasteiger partial charge in [0, 0.05) is 35.9 Å². The van der Waals surface area contributed by atoms with Crippen molar-refractivity contribution in [1.29, 1.82) is 0 Å². The molecule has 1 aromatic carbocycles. The number of anilines is 1. The summed E-state index contributed by atoms with van der Waals surface area (Å²) in [6, 6.07) is 5.90. The summed E-state index contributed by atoms with van der Waals surface area (Å²) in [6.45, 7) is 0. The molecule has 3 aromatic rings. The highest BCUT2D eigenvalue weighted by molar-refractivity contribution is 6.03. The zero-order valence-corrected chi connectivity index (χ0v) is 14.0. The maximum Gasteiger partial charge on any atom is 0.277 e. The Morgan fingerprint density at radius 2 is 2.11 bits per heavy atom. The number of aromatic nitrogens is 3. The lowest BCUT2D eigenvalue weighted by Crippen LogP contribution is -2.17. The molecule has 2 atom stereocenters. The number of carbonyl (C=O) groups is 1. The third-order valence-corrected chi connectivity index (χ3v) is 5.14. The predicted molar refractivity (Wildman–Crippen MR) is 93.0 cm³/mol. The first kappa shape index (κ1) is 15.9. The van der Waals surface area contributed by atoms with Crippen LogP contribution < -0.4 is 10.7 Å². The maximum absolute atomic E-state index is 14.3. The Balaban J connectivity index is 1.57. The first-order valence-electron chi connectivity index (χ1n) is 8.58. The molecule has 5 rings (SSSR count). The predicted octanol–water partition coefficient (Wildman–Crippen LogP) is 2.75. The zero-order chi connectivity index (χ0) is 18.7. The molecule has 0 saturated heterocycles. The van der Waals surface area contributed by atoms with Crippen molar-refractivity contribution in [2.45, 2.75) is 18.8 Å². The number of benzene rings is 1. The number of nitrogens with zero attached hydrogens (tertiary/aromatic N) is 2. The fourth-order valence-corrected chi connectivity index (χ4v) is 3.83. The molecule has 1 saturated carbocycles. The Morgan fingerprint density at radius 3 is 2.89 bits per heavy atom. The Bertz CT molecular complexity index is 1150. The average Bonchev–Trinajstić information content (AvgIpc) is 3.12. The number of amides is 1. The molecule has 1 amide bonds. The monoisotopic (exact) mass is 368 g/mol. The minimum absolute atomic E-state index is 0.118. The minimum Gasteiger partial charge on any atom is -0.348 e. The Labute approximate surface area is 151 Å². The highest BCUT2D eigenvalue weighted by Crippen LogP contribution is 2.57. The molecule has 2 aliphatic rings. The molecule has 8 heteroatoms. The van der Waals surface area contributed by atoms with E-state index in [1.165, 1.54) is 35.1 Å². The number of fused-ring (bicyclic) bond motifs is 3. The highest BCUT2D eigenvalue weighted by Gasteiger charge is 2.50. The van der Waals surface area contributed by atoms with Crippen LogP contribution in [0.4, 0.5) is 14.6 Å². The third-order valence-electron chi connectivity index (χ3n) is 5.14. The van der Waals surface area contributed by atoms with Gasteiger partial charge >= 0.3 is 0 Å². The number of rotatable bonds is 3. The van der Waals surface area contributed by atoms with E-state index in [1.54, 1.807) is 0 Å². The Morgan fingerprint density at radius 1 is 1.26 bits per heavy atom. The van der Waals surface area contributed by atoms with Crippen LogP contribution in [0.2, 0.25) is 0 Å². The summed E-state index contributed by atoms with van der Waals surface area (Å²) in [6.07, 6.45) is 3.12. The fraction of sp³-hybridized carbons (Fsp3) is 0.211. The van der Waals surface area contributed by atoms with Crippen LogP contribution in [0.15, 0.2) is 41.3 Å². The van der Waals surface area contributed by atoms with Crippen LogP contribution in [-0.4, -0.2) is 20.7 Å². The maximum atomic E-state index is 14.3. The quantitative estimate of drug-likeness (QED) is 0.746. The van der Waals surface area contributed by atoms with Gasteiger partial charge in [0.05, 0.1) is 5.69 Å². The molecule has 0 spiro atoms. The second-order valence-electron chi connectivity index (χ2n) is 6.92. The lowest BCUT2D eigenvalue weighted by molar-refractivity contribution is 0.102. The lowest BCUT2D eigenvalue weighted by Gasteiger charge is -2.07. The molecule has 0 radical (unpaired) electrons. The van der Waals surface area contributed by atoms with Crippen molar-refractivity contribution < 1.29 is 13.6 Å². The van der Waals surface area contributed by atoms with Gasteiger partial charge in [-0.1, -0.05) is 0 Å². The van der Waals surface area contributed by atoms with Gasteiger partial charge in [0.1, 0.15) is 17.3 Å². The van der Waals surface area contributed by atoms with Crippen molar-refractivity contribution >= 4 is 11.7 Å². The Hall–Kier alpha value is -3.29. The summed E-state index contributed by atoms with van der Waals surface area (Å²) >= 11 is 0. The molecule has 2 aliphatic carbocycles. The van der Waals surface area contributed by atoms with Gasteiger partial charge in [-0.15, -0.1) is 0 Å². The average molecular weight is 368 g/mol. The summed E-state index contributed by atoms with van der Waals surface area (Å²) in [5.74, 6) is -0.937. The number of pyridine rings is 1. The summed E-state index contributed by atoms with van der Waals surface area (Å²) in [4.78, 5) is 26.9. The van der Waals surface area contributed by atoms with E-state index in [0.29, 0.717) is 12.3 Å². The number of hydrogen-bond acceptors (Lipinski definition) is 3. The van der Waals surface area contributed by atoms with Crippen molar-refractivity contribution in [2.75, 3.05) is 5.32 Å². The number of aromatic amines is 1. The van der Waals surface area contributed by atoms with Gasteiger partial charge in [-0.25, -0.2) is 13.5 Å². The van der Waals surface area contributed by atoms with E-state index < -0.39 is 17.5 Å². The minimum atomic E-state index is -0.733. The number of hydrogen-bond donors (Lipinski definition) is 2. The van der Waals surface area contributed by atoms with E-state index in [0.717, 1.165) is 23.7 Å². The van der Waals surface area contributed by atoms with Gasteiger partial charge in [0.2, 0.25) is 0 Å². The van der Waals surface area contributed by atoms with E-state index in [2.05, 4.69) is 15.4 Å². The molecular weight excluding hydrogens is 354 g/mol. The molecule has 1 fully saturated rings. The van der Waals surface area contributed by atoms with Gasteiger partial charge in [0.15, 0.2) is 16.9 Å². The molecule has 0 bridgehead atoms. The van der Waals surface area contributed by atoms with Crippen molar-refractivity contribution in [3.8, 4) is 5.69 Å². The number of halogens is 2. The summed E-state index contributed by atoms with van der Waals surface area (Å²) in [5, 5.41) is 6.96. The van der Waals surface area contributed by atoms with E-state index in [9.17, 15) is 18.4 Å². The van der Waals surface area contributed by atoms with E-state index >= 15 is 0 Å². The SMILES string of the molecule is O=C(Nc1cc(=O)cc[nH]1)c1nn(-c2ccc(F)cc2F)c2c1C[C@H]1C[C@@H]21. The standard InChI is InChI=1S/C19H14F2N4O2/c20-10-1-2-15(14(21)7-10)25-18-12-5-9(12)6-13(18)17(24-25)19(27)23-16-8-11(26)3-4-22-16/h1-4,7-9,12H,5-6H2,(H2,22,23,26,27)/t9-,12-/m1/s1. The van der Waals surface area contributed by atoms with Crippen LogP contribution in [0.1, 0.15) is 34.1 Å². The van der Waals surface area contributed by atoms with E-state index in [4.69, 9.17) is 0 Å². The summed E-state index contributed by atoms with van der Waals surface area (Å²) in [7, 11) is 0. The van der Waals surface area contributed by atoms with Gasteiger partial charge < -0.3 is 10.3 Å². The largest absolute Gasteiger partial charge is 0.348 e.